The molecule has 2 rings (SSSR count). The number of allylic oxidation sites excluding steroid dienone is 2. The lowest BCUT2D eigenvalue weighted by Gasteiger charge is -1.92. The second-order valence-electron chi connectivity index (χ2n) is 3.27. The maximum absolute atomic E-state index is 11.6. The first-order valence-electron chi connectivity index (χ1n) is 5.00. The summed E-state index contributed by atoms with van der Waals surface area (Å²) in [5.74, 6) is -0.0443. The maximum Gasteiger partial charge on any atom is 0.203 e. The van der Waals surface area contributed by atoms with E-state index < -0.39 is 0 Å². The highest BCUT2D eigenvalue weighted by molar-refractivity contribution is 7.09. The van der Waals surface area contributed by atoms with Crippen LogP contribution in [0.4, 0.5) is 0 Å². The average molecular weight is 229 g/mol. The molecule has 80 valence electrons. The zero-order valence-corrected chi connectivity index (χ0v) is 9.48. The summed E-state index contributed by atoms with van der Waals surface area (Å²) in [5.41, 5.74) is 0.491. The lowest BCUT2D eigenvalue weighted by atomic mass is 10.2. The summed E-state index contributed by atoms with van der Waals surface area (Å²) in [6, 6.07) is 9.39. The molecule has 0 radical (unpaired) electrons. The Kier molecular flexibility index (Phi) is 3.62. The molecule has 0 aromatic carbocycles. The summed E-state index contributed by atoms with van der Waals surface area (Å²) >= 11 is 1.69. The Morgan fingerprint density at radius 2 is 2.25 bits per heavy atom. The van der Waals surface area contributed by atoms with Crippen molar-refractivity contribution in [1.82, 2.24) is 4.98 Å². The van der Waals surface area contributed by atoms with Crippen LogP contribution in [0.15, 0.2) is 54.1 Å². The molecule has 0 aliphatic carbocycles. The molecule has 2 aromatic heterocycles. The number of ketones is 1. The van der Waals surface area contributed by atoms with E-state index in [1.54, 1.807) is 35.7 Å². The number of rotatable bonds is 4. The van der Waals surface area contributed by atoms with Gasteiger partial charge < -0.3 is 0 Å². The zero-order chi connectivity index (χ0) is 11.2. The predicted molar refractivity (Wildman–Crippen MR) is 65.7 cm³/mol. The van der Waals surface area contributed by atoms with Crippen LogP contribution >= 0.6 is 11.3 Å². The molecule has 0 bridgehead atoms. The third kappa shape index (κ3) is 2.87. The van der Waals surface area contributed by atoms with Crippen LogP contribution in [-0.4, -0.2) is 10.8 Å². The van der Waals surface area contributed by atoms with Crippen LogP contribution < -0.4 is 0 Å². The predicted octanol–water partition coefficient (Wildman–Crippen LogP) is 3.12. The highest BCUT2D eigenvalue weighted by Gasteiger charge is 2.00. The first kappa shape index (κ1) is 10.8. The minimum atomic E-state index is -0.0443. The van der Waals surface area contributed by atoms with Crippen molar-refractivity contribution in [2.45, 2.75) is 6.42 Å². The minimum Gasteiger partial charge on any atom is -0.288 e. The van der Waals surface area contributed by atoms with Crippen molar-refractivity contribution in [3.63, 3.8) is 0 Å². The summed E-state index contributed by atoms with van der Waals surface area (Å²) in [5, 5.41) is 2.03. The highest BCUT2D eigenvalue weighted by atomic mass is 32.1. The van der Waals surface area contributed by atoms with Crippen molar-refractivity contribution in [3.05, 3.63) is 64.6 Å². The van der Waals surface area contributed by atoms with Crippen LogP contribution in [0.25, 0.3) is 0 Å². The Balaban J connectivity index is 1.95. The van der Waals surface area contributed by atoms with Gasteiger partial charge in [0.25, 0.3) is 0 Å². The van der Waals surface area contributed by atoms with Crippen LogP contribution in [-0.2, 0) is 6.42 Å². The number of aromatic nitrogens is 1. The summed E-state index contributed by atoms with van der Waals surface area (Å²) < 4.78 is 0. The second kappa shape index (κ2) is 5.37. The first-order chi connectivity index (χ1) is 7.86. The molecule has 0 amide bonds. The van der Waals surface area contributed by atoms with Gasteiger partial charge in [-0.3, -0.25) is 9.78 Å². The van der Waals surface area contributed by atoms with Crippen molar-refractivity contribution in [3.8, 4) is 0 Å². The molecular weight excluding hydrogens is 218 g/mol. The summed E-state index contributed by atoms with van der Waals surface area (Å²) in [6.45, 7) is 0. The average Bonchev–Trinajstić information content (AvgIpc) is 2.83. The molecule has 0 aliphatic heterocycles. The molecule has 2 nitrogen and oxygen atoms in total. The molecule has 0 spiro atoms. The van der Waals surface area contributed by atoms with Crippen LogP contribution in [0, 0.1) is 0 Å². The smallest absolute Gasteiger partial charge is 0.203 e. The van der Waals surface area contributed by atoms with Gasteiger partial charge in [-0.05, 0) is 29.7 Å². The molecule has 0 fully saturated rings. The fraction of sp³-hybridized carbons (Fsp3) is 0.0769. The minimum absolute atomic E-state index is 0.0443. The van der Waals surface area contributed by atoms with Gasteiger partial charge in [0, 0.05) is 17.5 Å². The number of hydrogen-bond acceptors (Lipinski definition) is 3. The van der Waals surface area contributed by atoms with Crippen LogP contribution in [0.3, 0.4) is 0 Å². The summed E-state index contributed by atoms with van der Waals surface area (Å²) in [6.07, 6.45) is 5.89. The van der Waals surface area contributed by atoms with Crippen LogP contribution in [0.5, 0.6) is 0 Å². The van der Waals surface area contributed by atoms with Crippen molar-refractivity contribution < 1.29 is 4.79 Å². The third-order valence-electron chi connectivity index (χ3n) is 2.09. The van der Waals surface area contributed by atoms with Gasteiger partial charge in [0.05, 0.1) is 0 Å². The fourth-order valence-corrected chi connectivity index (χ4v) is 1.99. The molecule has 16 heavy (non-hydrogen) atoms. The zero-order valence-electron chi connectivity index (χ0n) is 8.67. The summed E-state index contributed by atoms with van der Waals surface area (Å²) in [7, 11) is 0. The lowest BCUT2D eigenvalue weighted by Crippen LogP contribution is -1.96. The van der Waals surface area contributed by atoms with E-state index in [0.717, 1.165) is 6.42 Å². The number of carbonyl (C=O) groups is 1. The molecule has 0 aliphatic rings. The SMILES string of the molecule is O=C(/C=C/Cc1cccs1)c1ccccn1. The van der Waals surface area contributed by atoms with E-state index in [-0.39, 0.29) is 5.78 Å². The number of thiophene rings is 1. The van der Waals surface area contributed by atoms with Crippen molar-refractivity contribution in [1.29, 1.82) is 0 Å². The van der Waals surface area contributed by atoms with Crippen LogP contribution in [0.1, 0.15) is 15.4 Å². The Morgan fingerprint density at radius 1 is 1.31 bits per heavy atom. The van der Waals surface area contributed by atoms with E-state index in [9.17, 15) is 4.79 Å². The molecule has 0 saturated carbocycles. The Morgan fingerprint density at radius 3 is 2.94 bits per heavy atom. The Labute approximate surface area is 98.3 Å². The first-order valence-corrected chi connectivity index (χ1v) is 5.88. The van der Waals surface area contributed by atoms with E-state index in [1.165, 1.54) is 4.88 Å². The highest BCUT2D eigenvalue weighted by Crippen LogP contribution is 2.09. The van der Waals surface area contributed by atoms with Gasteiger partial charge in [-0.1, -0.05) is 18.2 Å². The van der Waals surface area contributed by atoms with Gasteiger partial charge in [-0.25, -0.2) is 0 Å². The normalized spacial score (nSPS) is 10.8. The lowest BCUT2D eigenvalue weighted by molar-refractivity contribution is 0.104. The maximum atomic E-state index is 11.6. The Hall–Kier alpha value is -1.74. The molecule has 3 heteroatoms. The van der Waals surface area contributed by atoms with E-state index in [1.807, 2.05) is 23.6 Å². The van der Waals surface area contributed by atoms with Crippen molar-refractivity contribution >= 4 is 17.1 Å². The van der Waals surface area contributed by atoms with Gasteiger partial charge in [0.15, 0.2) is 0 Å². The molecule has 0 unspecified atom stereocenters. The van der Waals surface area contributed by atoms with Gasteiger partial charge >= 0.3 is 0 Å². The quantitative estimate of drug-likeness (QED) is 0.595. The van der Waals surface area contributed by atoms with Crippen molar-refractivity contribution in [2.24, 2.45) is 0 Å². The largest absolute Gasteiger partial charge is 0.288 e. The molecule has 2 aromatic rings. The van der Waals surface area contributed by atoms with E-state index in [2.05, 4.69) is 11.1 Å². The topological polar surface area (TPSA) is 30.0 Å². The molecule has 0 saturated heterocycles. The monoisotopic (exact) mass is 229 g/mol. The number of nitrogens with zero attached hydrogens (tertiary/aromatic N) is 1. The van der Waals surface area contributed by atoms with Gasteiger partial charge in [0.2, 0.25) is 5.78 Å². The molecular formula is C13H11NOS. The van der Waals surface area contributed by atoms with E-state index in [0.29, 0.717) is 5.69 Å². The number of carbonyl (C=O) groups excluding carboxylic acids is 1. The fourth-order valence-electron chi connectivity index (χ4n) is 1.30. The second-order valence-corrected chi connectivity index (χ2v) is 4.30. The number of pyridine rings is 1. The van der Waals surface area contributed by atoms with Gasteiger partial charge in [0.1, 0.15) is 5.69 Å². The molecule has 0 N–H and O–H groups in total. The molecule has 2 heterocycles. The van der Waals surface area contributed by atoms with Crippen molar-refractivity contribution in [2.75, 3.05) is 0 Å². The number of hydrogen-bond donors (Lipinski definition) is 0. The van der Waals surface area contributed by atoms with E-state index >= 15 is 0 Å². The standard InChI is InChI=1S/C13H11NOS/c15-13(12-7-1-2-9-14-12)8-3-5-11-6-4-10-16-11/h1-4,6-10H,5H2/b8-3+. The van der Waals surface area contributed by atoms with Crippen LogP contribution in [0.2, 0.25) is 0 Å². The Bertz CT molecular complexity index is 474. The van der Waals surface area contributed by atoms with E-state index in [4.69, 9.17) is 0 Å². The van der Waals surface area contributed by atoms with Gasteiger partial charge in [-0.15, -0.1) is 11.3 Å². The molecule has 0 atom stereocenters. The summed E-state index contributed by atoms with van der Waals surface area (Å²) in [4.78, 5) is 16.9. The van der Waals surface area contributed by atoms with Gasteiger partial charge in [-0.2, -0.15) is 0 Å². The third-order valence-corrected chi connectivity index (χ3v) is 2.98.